The van der Waals surface area contributed by atoms with Gasteiger partial charge in [0.15, 0.2) is 6.61 Å². The van der Waals surface area contributed by atoms with Crippen molar-refractivity contribution in [2.24, 2.45) is 0 Å². The van der Waals surface area contributed by atoms with Crippen molar-refractivity contribution < 1.29 is 37.0 Å². The van der Waals surface area contributed by atoms with Gasteiger partial charge in [-0.3, -0.25) is 9.59 Å². The van der Waals surface area contributed by atoms with Gasteiger partial charge in [-0.05, 0) is 55.9 Å². The maximum absolute atomic E-state index is 13.5. The van der Waals surface area contributed by atoms with Crippen LogP contribution in [0.4, 0.5) is 17.6 Å². The van der Waals surface area contributed by atoms with Crippen molar-refractivity contribution in [2.45, 2.75) is 61.9 Å². The summed E-state index contributed by atoms with van der Waals surface area (Å²) in [5.74, 6) is -1.42. The molecule has 2 bridgehead atoms. The third-order valence-electron chi connectivity index (χ3n) is 6.99. The molecule has 3 aliphatic carbocycles. The van der Waals surface area contributed by atoms with Crippen molar-refractivity contribution in [1.29, 1.82) is 0 Å². The molecule has 0 unspecified atom stereocenters. The van der Waals surface area contributed by atoms with Gasteiger partial charge in [-0.2, -0.15) is 13.2 Å². The zero-order chi connectivity index (χ0) is 26.1. The Morgan fingerprint density at radius 2 is 1.78 bits per heavy atom. The van der Waals surface area contributed by atoms with Gasteiger partial charge in [-0.1, -0.05) is 29.8 Å². The van der Waals surface area contributed by atoms with Crippen molar-refractivity contribution in [3.63, 3.8) is 0 Å². The number of benzene rings is 2. The number of nitrogens with one attached hydrogen (secondary N) is 2. The van der Waals surface area contributed by atoms with E-state index in [1.54, 1.807) is 0 Å². The van der Waals surface area contributed by atoms with Crippen LogP contribution in [0, 0.1) is 5.82 Å². The molecule has 2 aromatic rings. The molecule has 0 aliphatic heterocycles. The second-order valence-corrected chi connectivity index (χ2v) is 9.90. The summed E-state index contributed by atoms with van der Waals surface area (Å²) >= 11 is 5.63. The lowest BCUT2D eigenvalue weighted by Crippen LogP contribution is -2.70. The fourth-order valence-corrected chi connectivity index (χ4v) is 5.19. The Bertz CT molecular complexity index is 1150. The van der Waals surface area contributed by atoms with Crippen LogP contribution in [-0.4, -0.2) is 40.7 Å². The highest BCUT2D eigenvalue weighted by molar-refractivity contribution is 6.30. The van der Waals surface area contributed by atoms with E-state index in [9.17, 15) is 32.3 Å². The van der Waals surface area contributed by atoms with Crippen LogP contribution in [0.15, 0.2) is 42.5 Å². The molecule has 0 heterocycles. The summed E-state index contributed by atoms with van der Waals surface area (Å²) in [4.78, 5) is 25.2. The molecule has 2 amide bonds. The van der Waals surface area contributed by atoms with Gasteiger partial charge < -0.3 is 20.5 Å². The summed E-state index contributed by atoms with van der Waals surface area (Å²) in [7, 11) is 0. The van der Waals surface area contributed by atoms with Gasteiger partial charge >= 0.3 is 6.18 Å². The minimum absolute atomic E-state index is 0.0607. The molecule has 3 N–H and O–H groups in total. The fraction of sp³-hybridized carbons (Fsp3) is 0.440. The van der Waals surface area contributed by atoms with Crippen LogP contribution in [0.1, 0.15) is 43.2 Å². The average Bonchev–Trinajstić information content (AvgIpc) is 2.80. The van der Waals surface area contributed by atoms with E-state index < -0.39 is 46.6 Å². The maximum Gasteiger partial charge on any atom is 0.416 e. The summed E-state index contributed by atoms with van der Waals surface area (Å²) in [6, 6.07) is 8.43. The first-order chi connectivity index (χ1) is 16.9. The van der Waals surface area contributed by atoms with Crippen LogP contribution in [0.25, 0.3) is 0 Å². The zero-order valence-corrected chi connectivity index (χ0v) is 19.9. The second-order valence-electron chi connectivity index (χ2n) is 9.49. The minimum atomic E-state index is -4.50. The summed E-state index contributed by atoms with van der Waals surface area (Å²) < 4.78 is 57.7. The zero-order valence-electron chi connectivity index (χ0n) is 19.1. The number of ether oxygens (including phenoxy) is 1. The highest BCUT2D eigenvalue weighted by atomic mass is 35.5. The highest BCUT2D eigenvalue weighted by Gasteiger charge is 2.55. The number of carbonyl (C=O) groups excluding carboxylic acids is 2. The monoisotopic (exact) mass is 528 g/mol. The van der Waals surface area contributed by atoms with E-state index in [1.807, 2.05) is 0 Å². The molecule has 5 rings (SSSR count). The quantitative estimate of drug-likeness (QED) is 0.471. The van der Waals surface area contributed by atoms with Gasteiger partial charge in [0.2, 0.25) is 5.91 Å². The predicted octanol–water partition coefficient (Wildman–Crippen LogP) is 4.17. The predicted molar refractivity (Wildman–Crippen MR) is 123 cm³/mol. The van der Waals surface area contributed by atoms with Crippen LogP contribution >= 0.6 is 11.6 Å². The molecule has 0 spiro atoms. The van der Waals surface area contributed by atoms with Crippen LogP contribution in [0.5, 0.6) is 5.75 Å². The van der Waals surface area contributed by atoms with E-state index in [0.717, 1.165) is 18.2 Å². The Labute approximate surface area is 210 Å². The molecule has 0 aromatic heterocycles. The number of alkyl halides is 3. The lowest BCUT2D eigenvalue weighted by Gasteiger charge is -2.56. The van der Waals surface area contributed by atoms with Crippen molar-refractivity contribution >= 4 is 23.4 Å². The molecule has 3 fully saturated rings. The standard InChI is InChI=1S/C25H25ClF4N2O4/c26-18-5-4-17(12-19(18)27)36-14-22(35)31-23-6-8-24(9-7-23,20(33)13-23)32-21(34)11-15-2-1-3-16(10-15)25(28,29)30/h1-5,10,12,20,33H,6-9,11,13-14H2,(H,31,35)(H,32,34)/t20-,23?,24?/m0/s1. The summed E-state index contributed by atoms with van der Waals surface area (Å²) in [6.07, 6.45) is -3.71. The first-order valence-electron chi connectivity index (χ1n) is 11.4. The van der Waals surface area contributed by atoms with E-state index in [4.69, 9.17) is 16.3 Å². The number of halogens is 5. The molecule has 36 heavy (non-hydrogen) atoms. The van der Waals surface area contributed by atoms with Gasteiger partial charge in [0.25, 0.3) is 5.91 Å². The largest absolute Gasteiger partial charge is 0.484 e. The lowest BCUT2D eigenvalue weighted by atomic mass is 9.60. The Balaban J connectivity index is 1.32. The molecule has 11 heteroatoms. The van der Waals surface area contributed by atoms with E-state index in [2.05, 4.69) is 10.6 Å². The SMILES string of the molecule is O=C(COc1ccc(Cl)c(F)c1)NC12CCC(NC(=O)Cc3cccc(C(F)(F)F)c3)(CC1)[C@@H](O)C2. The number of aliphatic hydroxyl groups is 1. The Morgan fingerprint density at radius 3 is 2.42 bits per heavy atom. The van der Waals surface area contributed by atoms with Gasteiger partial charge in [0, 0.05) is 11.6 Å². The Hall–Kier alpha value is -2.85. The third kappa shape index (κ3) is 5.75. The van der Waals surface area contributed by atoms with Crippen molar-refractivity contribution in [2.75, 3.05) is 6.61 Å². The van der Waals surface area contributed by atoms with Crippen molar-refractivity contribution in [3.8, 4) is 5.75 Å². The number of hydrogen-bond donors (Lipinski definition) is 3. The number of rotatable bonds is 7. The van der Waals surface area contributed by atoms with Crippen molar-refractivity contribution in [1.82, 2.24) is 10.6 Å². The summed E-state index contributed by atoms with van der Waals surface area (Å²) in [5, 5.41) is 16.6. The first-order valence-corrected chi connectivity index (χ1v) is 11.8. The highest BCUT2D eigenvalue weighted by Crippen LogP contribution is 2.47. The number of carbonyl (C=O) groups is 2. The topological polar surface area (TPSA) is 87.7 Å². The minimum Gasteiger partial charge on any atom is -0.484 e. The number of fused-ring (bicyclic) bond motifs is 3. The Morgan fingerprint density at radius 1 is 1.06 bits per heavy atom. The van der Waals surface area contributed by atoms with Gasteiger partial charge in [-0.15, -0.1) is 0 Å². The molecule has 194 valence electrons. The van der Waals surface area contributed by atoms with Crippen LogP contribution in [0.3, 0.4) is 0 Å². The second kappa shape index (κ2) is 9.89. The summed E-state index contributed by atoms with van der Waals surface area (Å²) in [6.45, 7) is -0.349. The number of amides is 2. The average molecular weight is 529 g/mol. The van der Waals surface area contributed by atoms with Gasteiger partial charge in [0.05, 0.1) is 28.6 Å². The van der Waals surface area contributed by atoms with E-state index in [0.29, 0.717) is 25.7 Å². The molecular weight excluding hydrogens is 504 g/mol. The molecule has 0 radical (unpaired) electrons. The molecule has 3 saturated carbocycles. The molecule has 3 aliphatic rings. The van der Waals surface area contributed by atoms with E-state index >= 15 is 0 Å². The Kier molecular flexibility index (Phi) is 7.21. The molecule has 2 aromatic carbocycles. The van der Waals surface area contributed by atoms with Crippen LogP contribution in [0.2, 0.25) is 5.02 Å². The third-order valence-corrected chi connectivity index (χ3v) is 7.30. The van der Waals surface area contributed by atoms with Crippen LogP contribution in [-0.2, 0) is 22.2 Å². The lowest BCUT2D eigenvalue weighted by molar-refractivity contribution is -0.137. The molecule has 1 atom stereocenters. The van der Waals surface area contributed by atoms with Crippen LogP contribution < -0.4 is 15.4 Å². The molecular formula is C25H25ClF4N2O4. The van der Waals surface area contributed by atoms with E-state index in [1.165, 1.54) is 24.3 Å². The first kappa shape index (κ1) is 26.2. The maximum atomic E-state index is 13.5. The van der Waals surface area contributed by atoms with Gasteiger partial charge in [-0.25, -0.2) is 4.39 Å². The normalized spacial score (nSPS) is 25.3. The summed E-state index contributed by atoms with van der Waals surface area (Å²) in [5.41, 5.74) is -2.17. The molecule has 0 saturated heterocycles. The fourth-order valence-electron chi connectivity index (χ4n) is 5.07. The molecule has 6 nitrogen and oxygen atoms in total. The number of aliphatic hydroxyl groups excluding tert-OH is 1. The number of hydrogen-bond acceptors (Lipinski definition) is 4. The van der Waals surface area contributed by atoms with Crippen molar-refractivity contribution in [3.05, 3.63) is 64.4 Å². The van der Waals surface area contributed by atoms with Gasteiger partial charge in [0.1, 0.15) is 11.6 Å². The smallest absolute Gasteiger partial charge is 0.416 e. The van der Waals surface area contributed by atoms with E-state index in [-0.39, 0.29) is 35.8 Å².